The van der Waals surface area contributed by atoms with Crippen LogP contribution in [0.5, 0.6) is 0 Å². The van der Waals surface area contributed by atoms with E-state index in [1.165, 1.54) is 6.33 Å². The molecular weight excluding hydrogens is 797 g/mol. The molecule has 0 bridgehead atoms. The van der Waals surface area contributed by atoms with Crippen LogP contribution in [-0.2, 0) is 13.1 Å². The van der Waals surface area contributed by atoms with Crippen molar-refractivity contribution < 1.29 is 9.59 Å². The van der Waals surface area contributed by atoms with E-state index in [1.807, 2.05) is 99.9 Å². The molecule has 318 valence electrons. The van der Waals surface area contributed by atoms with Crippen molar-refractivity contribution in [2.75, 3.05) is 31.3 Å². The number of benzene rings is 3. The van der Waals surface area contributed by atoms with Crippen LogP contribution in [0.25, 0.3) is 28.5 Å². The fourth-order valence-corrected chi connectivity index (χ4v) is 6.83. The minimum atomic E-state index is -0.477. The van der Waals surface area contributed by atoms with Gasteiger partial charge in [-0.25, -0.2) is 9.67 Å². The van der Waals surface area contributed by atoms with Gasteiger partial charge in [0.15, 0.2) is 17.5 Å². The predicted octanol–water partition coefficient (Wildman–Crippen LogP) is 5.77. The molecule has 0 saturated heterocycles. The number of H-pyrrole nitrogens is 2. The van der Waals surface area contributed by atoms with Crippen LogP contribution in [-0.4, -0.2) is 92.4 Å². The van der Waals surface area contributed by atoms with Gasteiger partial charge in [-0.1, -0.05) is 24.3 Å². The van der Waals surface area contributed by atoms with Gasteiger partial charge in [-0.05, 0) is 112 Å². The molecule has 2 amide bonds. The number of hydrogen-bond donors (Lipinski definition) is 6. The highest BCUT2D eigenvalue weighted by atomic mass is 16.2. The number of aromatic nitrogens is 11. The number of anilines is 2. The van der Waals surface area contributed by atoms with E-state index >= 15 is 0 Å². The van der Waals surface area contributed by atoms with Crippen LogP contribution in [0.4, 0.5) is 11.4 Å². The maximum absolute atomic E-state index is 13.7. The third-order valence-electron chi connectivity index (χ3n) is 10.2. The Balaban J connectivity index is 0.883. The van der Waals surface area contributed by atoms with Crippen molar-refractivity contribution in [2.24, 2.45) is 0 Å². The Labute approximate surface area is 363 Å². The Morgan fingerprint density at radius 2 is 1.22 bits per heavy atom. The third-order valence-corrected chi connectivity index (χ3v) is 10.2. The second-order valence-corrected chi connectivity index (χ2v) is 15.0. The number of aromatic amines is 2. The summed E-state index contributed by atoms with van der Waals surface area (Å²) in [4.78, 5) is 48.3. The number of nitrogens with zero attached hydrogens (tertiary/aromatic N) is 10. The summed E-state index contributed by atoms with van der Waals surface area (Å²) in [5.41, 5.74) is 6.01. The number of carbonyl (C=O) groups excluding carboxylic acids is 2. The molecule has 6 N–H and O–H groups in total. The molecule has 5 heterocycles. The summed E-state index contributed by atoms with van der Waals surface area (Å²) in [6, 6.07) is 29.1. The topological polar surface area (TPSA) is 225 Å². The summed E-state index contributed by atoms with van der Waals surface area (Å²) in [6.45, 7) is 3.40. The zero-order chi connectivity index (χ0) is 43.5. The number of hydrogen-bond acceptors (Lipinski definition) is 13. The highest BCUT2D eigenvalue weighted by Crippen LogP contribution is 2.23. The van der Waals surface area contributed by atoms with E-state index in [4.69, 9.17) is 0 Å². The molecule has 2 atom stereocenters. The number of amides is 2. The molecule has 5 aromatic heterocycles. The van der Waals surface area contributed by atoms with Gasteiger partial charge in [-0.3, -0.25) is 19.6 Å². The smallest absolute Gasteiger partial charge is 0.251 e. The summed E-state index contributed by atoms with van der Waals surface area (Å²) in [7, 11) is 4.01. The highest BCUT2D eigenvalue weighted by molar-refractivity contribution is 5.96. The number of nitrogens with one attached hydrogen (secondary N) is 6. The van der Waals surface area contributed by atoms with Crippen LogP contribution < -0.4 is 21.3 Å². The molecule has 0 aliphatic heterocycles. The lowest BCUT2D eigenvalue weighted by atomic mass is 10.0. The van der Waals surface area contributed by atoms with Gasteiger partial charge in [0.2, 0.25) is 0 Å². The molecule has 0 aliphatic rings. The summed E-state index contributed by atoms with van der Waals surface area (Å²) in [6.07, 6.45) is 8.96. The van der Waals surface area contributed by atoms with Crippen LogP contribution >= 0.6 is 0 Å². The zero-order valence-electron chi connectivity index (χ0n) is 34.9. The van der Waals surface area contributed by atoms with Crippen LogP contribution in [0.2, 0.25) is 0 Å². The molecule has 0 saturated carbocycles. The van der Waals surface area contributed by atoms with E-state index in [2.05, 4.69) is 76.6 Å². The van der Waals surface area contributed by atoms with Crippen molar-refractivity contribution >= 4 is 23.2 Å². The molecule has 0 aliphatic carbocycles. The first-order chi connectivity index (χ1) is 30.8. The first kappa shape index (κ1) is 41.6. The van der Waals surface area contributed by atoms with E-state index in [9.17, 15) is 9.59 Å². The molecule has 8 rings (SSSR count). The second-order valence-electron chi connectivity index (χ2n) is 15.0. The number of carbonyl (C=O) groups is 2. The SMILES string of the molecule is CC(NC(=O)c1cccc(NCc2nnc(-c3ccncc3)[nH]2)c1)c1ncnn1-c1ccc(C(CCN(C)C)NC(=O)c2cccc(NCc3nnc(-c4ccncc4)[nH]3)c2)cc1. The molecule has 2 unspecified atom stereocenters. The lowest BCUT2D eigenvalue weighted by Gasteiger charge is -2.22. The Kier molecular flexibility index (Phi) is 12.9. The predicted molar refractivity (Wildman–Crippen MR) is 237 cm³/mol. The minimum absolute atomic E-state index is 0.194. The first-order valence-corrected chi connectivity index (χ1v) is 20.3. The van der Waals surface area contributed by atoms with E-state index in [-0.39, 0.29) is 17.9 Å². The van der Waals surface area contributed by atoms with E-state index in [0.29, 0.717) is 59.8 Å². The van der Waals surface area contributed by atoms with Crippen LogP contribution in [0, 0.1) is 0 Å². The summed E-state index contributed by atoms with van der Waals surface area (Å²) < 4.78 is 1.70. The molecule has 18 nitrogen and oxygen atoms in total. The van der Waals surface area contributed by atoms with Crippen LogP contribution in [0.3, 0.4) is 0 Å². The molecule has 0 fully saturated rings. The molecular formula is C45H46N16O2. The van der Waals surface area contributed by atoms with Gasteiger partial charge < -0.3 is 36.1 Å². The van der Waals surface area contributed by atoms with Crippen LogP contribution in [0.1, 0.15) is 69.2 Å². The van der Waals surface area contributed by atoms with Crippen molar-refractivity contribution in [1.82, 2.24) is 70.6 Å². The third kappa shape index (κ3) is 10.6. The van der Waals surface area contributed by atoms with E-state index < -0.39 is 6.04 Å². The van der Waals surface area contributed by atoms with Gasteiger partial charge in [-0.2, -0.15) is 5.10 Å². The van der Waals surface area contributed by atoms with E-state index in [0.717, 1.165) is 40.3 Å². The number of rotatable bonds is 18. The molecule has 3 aromatic carbocycles. The Hall–Kier alpha value is -8.12. The van der Waals surface area contributed by atoms with Crippen molar-refractivity contribution in [3.8, 4) is 28.5 Å². The normalized spacial score (nSPS) is 12.1. The quantitative estimate of drug-likeness (QED) is 0.0605. The zero-order valence-corrected chi connectivity index (χ0v) is 34.9. The summed E-state index contributed by atoms with van der Waals surface area (Å²) >= 11 is 0. The van der Waals surface area contributed by atoms with E-state index in [1.54, 1.807) is 47.7 Å². The molecule has 0 spiro atoms. The standard InChI is InChI=1S/C45H46N16O2/c1-29(52-44(62)33-6-4-8-35(24-33)48-26-39-54-41(58-56-39)31-14-19-46-20-15-31)43-50-28-51-61(43)37-12-10-30(11-13-37)38(18-23-60(2)3)53-45(63)34-7-5-9-36(25-34)49-27-40-55-42(59-57-40)32-16-21-47-22-17-32/h4-17,19-22,24-25,28-29,38,48-49H,18,23,26-27H2,1-3H3,(H,52,62)(H,53,63)(H,54,56,58)(H,55,57,59). The largest absolute Gasteiger partial charge is 0.378 e. The monoisotopic (exact) mass is 842 g/mol. The van der Waals surface area contributed by atoms with Crippen molar-refractivity contribution in [3.05, 3.63) is 162 Å². The summed E-state index contributed by atoms with van der Waals surface area (Å²) in [5, 5.41) is 34.4. The lowest BCUT2D eigenvalue weighted by molar-refractivity contribution is 0.0926. The Morgan fingerprint density at radius 1 is 0.683 bits per heavy atom. The maximum atomic E-state index is 13.7. The minimum Gasteiger partial charge on any atom is -0.378 e. The number of pyridine rings is 2. The van der Waals surface area contributed by atoms with Gasteiger partial charge >= 0.3 is 0 Å². The summed E-state index contributed by atoms with van der Waals surface area (Å²) in [5.74, 6) is 2.72. The van der Waals surface area contributed by atoms with Gasteiger partial charge in [0.25, 0.3) is 11.8 Å². The first-order valence-electron chi connectivity index (χ1n) is 20.3. The molecule has 18 heteroatoms. The fraction of sp³-hybridized carbons (Fsp3) is 0.200. The molecule has 0 radical (unpaired) electrons. The van der Waals surface area contributed by atoms with Crippen LogP contribution in [0.15, 0.2) is 128 Å². The average Bonchev–Trinajstić information content (AvgIpc) is 4.12. The van der Waals surface area contributed by atoms with Gasteiger partial charge in [0.05, 0.1) is 30.9 Å². The fourth-order valence-electron chi connectivity index (χ4n) is 6.83. The Morgan fingerprint density at radius 3 is 1.76 bits per heavy atom. The highest BCUT2D eigenvalue weighted by Gasteiger charge is 2.21. The maximum Gasteiger partial charge on any atom is 0.251 e. The molecule has 63 heavy (non-hydrogen) atoms. The van der Waals surface area contributed by atoms with Gasteiger partial charge in [0.1, 0.15) is 18.0 Å². The second kappa shape index (κ2) is 19.5. The Bertz CT molecular complexity index is 2750. The average molecular weight is 843 g/mol. The van der Waals surface area contributed by atoms with Gasteiger partial charge in [-0.15, -0.1) is 20.4 Å². The van der Waals surface area contributed by atoms with Gasteiger partial charge in [0, 0.05) is 58.4 Å². The lowest BCUT2D eigenvalue weighted by Crippen LogP contribution is -2.31. The van der Waals surface area contributed by atoms with Crippen molar-refractivity contribution in [1.29, 1.82) is 0 Å². The van der Waals surface area contributed by atoms with Crippen molar-refractivity contribution in [2.45, 2.75) is 38.5 Å². The molecule has 8 aromatic rings. The van der Waals surface area contributed by atoms with Crippen molar-refractivity contribution in [3.63, 3.8) is 0 Å².